The minimum Gasteiger partial charge on any atom is -0.415 e. The highest BCUT2D eigenvalue weighted by molar-refractivity contribution is 6.70. The second-order valence-corrected chi connectivity index (χ2v) is 22.2. The van der Waals surface area contributed by atoms with E-state index in [-0.39, 0.29) is 18.3 Å². The van der Waals surface area contributed by atoms with Crippen molar-refractivity contribution in [2.75, 3.05) is 13.2 Å². The minimum absolute atomic E-state index is 0.00444. The summed E-state index contributed by atoms with van der Waals surface area (Å²) < 4.78 is 24.7. The van der Waals surface area contributed by atoms with E-state index < -0.39 is 25.0 Å². The van der Waals surface area contributed by atoms with E-state index in [0.29, 0.717) is 13.2 Å². The Morgan fingerprint density at radius 3 is 1.76 bits per heavy atom. The van der Waals surface area contributed by atoms with Crippen molar-refractivity contribution in [3.05, 3.63) is 0 Å². The fourth-order valence-electron chi connectivity index (χ4n) is 2.24. The van der Waals surface area contributed by atoms with Crippen molar-refractivity contribution in [2.45, 2.75) is 77.2 Å². The summed E-state index contributed by atoms with van der Waals surface area (Å²) in [7, 11) is -4.79. The Morgan fingerprint density at radius 2 is 1.33 bits per heavy atom. The molecule has 0 N–H and O–H groups in total. The molecule has 3 atom stereocenters. The van der Waals surface area contributed by atoms with Crippen LogP contribution in [0.2, 0.25) is 58.9 Å². The van der Waals surface area contributed by atoms with Crippen molar-refractivity contribution in [1.29, 1.82) is 0 Å². The normalized spacial score (nSPS) is 28.1. The molecule has 1 fully saturated rings. The standard InChI is InChI=1S/C14H34O4Si3/c1-19(2,3)16-11-12-14(18-21(7,8)9)13(10-15-12)17-20(4,5)6/h12-14H,10-11H2,1-9H3/t12-,13+,14+/m0/s1. The van der Waals surface area contributed by atoms with Crippen LogP contribution < -0.4 is 0 Å². The highest BCUT2D eigenvalue weighted by atomic mass is 28.4. The van der Waals surface area contributed by atoms with Crippen LogP contribution in [0.15, 0.2) is 0 Å². The quantitative estimate of drug-likeness (QED) is 0.656. The van der Waals surface area contributed by atoms with Gasteiger partial charge >= 0.3 is 0 Å². The maximum absolute atomic E-state index is 6.38. The molecule has 0 aliphatic carbocycles. The largest absolute Gasteiger partial charge is 0.415 e. The van der Waals surface area contributed by atoms with Crippen molar-refractivity contribution >= 4 is 25.0 Å². The van der Waals surface area contributed by atoms with E-state index in [2.05, 4.69) is 58.9 Å². The average molecular weight is 351 g/mol. The van der Waals surface area contributed by atoms with Crippen LogP contribution in [0.5, 0.6) is 0 Å². The van der Waals surface area contributed by atoms with Crippen LogP contribution in [-0.4, -0.2) is 56.5 Å². The van der Waals surface area contributed by atoms with Gasteiger partial charge in [0, 0.05) is 0 Å². The third-order valence-corrected chi connectivity index (χ3v) is 5.90. The molecular weight excluding hydrogens is 316 g/mol. The van der Waals surface area contributed by atoms with E-state index in [0.717, 1.165) is 0 Å². The van der Waals surface area contributed by atoms with E-state index in [1.807, 2.05) is 0 Å². The summed E-state index contributed by atoms with van der Waals surface area (Å²) in [6.07, 6.45) is 0.0724. The fraction of sp³-hybridized carbons (Fsp3) is 1.00. The molecule has 126 valence electrons. The van der Waals surface area contributed by atoms with Gasteiger partial charge in [-0.3, -0.25) is 0 Å². The number of hydrogen-bond donors (Lipinski definition) is 0. The fourth-order valence-corrected chi connectivity index (χ4v) is 5.13. The molecule has 0 bridgehead atoms. The third-order valence-electron chi connectivity index (χ3n) is 2.88. The first kappa shape index (κ1) is 19.5. The zero-order valence-corrected chi connectivity index (χ0v) is 18.3. The van der Waals surface area contributed by atoms with Gasteiger partial charge < -0.3 is 18.0 Å². The second-order valence-electron chi connectivity index (χ2n) is 8.76. The summed E-state index contributed by atoms with van der Waals surface area (Å²) >= 11 is 0. The lowest BCUT2D eigenvalue weighted by Crippen LogP contribution is -2.48. The van der Waals surface area contributed by atoms with Crippen molar-refractivity contribution < 1.29 is 18.0 Å². The van der Waals surface area contributed by atoms with Gasteiger partial charge in [-0.25, -0.2) is 0 Å². The minimum atomic E-state index is -1.64. The van der Waals surface area contributed by atoms with Crippen LogP contribution >= 0.6 is 0 Å². The maximum Gasteiger partial charge on any atom is 0.184 e. The van der Waals surface area contributed by atoms with Gasteiger partial charge in [-0.15, -0.1) is 0 Å². The SMILES string of the molecule is C[Si](C)(C)OC[C@@H]1OC[C@@H](O[Si](C)(C)C)[C@@H]1O[Si](C)(C)C. The highest BCUT2D eigenvalue weighted by Crippen LogP contribution is 2.27. The van der Waals surface area contributed by atoms with E-state index in [1.165, 1.54) is 0 Å². The molecule has 0 radical (unpaired) electrons. The Hall–Kier alpha value is 0.491. The number of hydrogen-bond acceptors (Lipinski definition) is 4. The Labute approximate surface area is 133 Å². The van der Waals surface area contributed by atoms with Crippen LogP contribution in [0.4, 0.5) is 0 Å². The van der Waals surface area contributed by atoms with Gasteiger partial charge in [-0.2, -0.15) is 0 Å². The zero-order valence-electron chi connectivity index (χ0n) is 15.3. The molecule has 0 saturated carbocycles. The first-order valence-electron chi connectivity index (χ1n) is 7.88. The summed E-state index contributed by atoms with van der Waals surface area (Å²) in [4.78, 5) is 0. The topological polar surface area (TPSA) is 36.9 Å². The molecule has 1 rings (SSSR count). The van der Waals surface area contributed by atoms with Gasteiger partial charge in [0.2, 0.25) is 0 Å². The monoisotopic (exact) mass is 350 g/mol. The van der Waals surface area contributed by atoms with Crippen LogP contribution in [0.25, 0.3) is 0 Å². The van der Waals surface area contributed by atoms with Crippen LogP contribution in [0.1, 0.15) is 0 Å². The molecule has 4 nitrogen and oxygen atoms in total. The smallest absolute Gasteiger partial charge is 0.184 e. The molecule has 1 saturated heterocycles. The summed E-state index contributed by atoms with van der Waals surface area (Å²) in [6.45, 7) is 21.1. The second kappa shape index (κ2) is 6.94. The first-order chi connectivity index (χ1) is 9.27. The van der Waals surface area contributed by atoms with Crippen LogP contribution in [0.3, 0.4) is 0 Å². The predicted molar refractivity (Wildman–Crippen MR) is 95.5 cm³/mol. The molecule has 0 aromatic carbocycles. The lowest BCUT2D eigenvalue weighted by Gasteiger charge is -2.33. The van der Waals surface area contributed by atoms with Crippen molar-refractivity contribution in [1.82, 2.24) is 0 Å². The number of ether oxygens (including phenoxy) is 1. The molecule has 0 unspecified atom stereocenters. The zero-order chi connectivity index (χ0) is 16.5. The van der Waals surface area contributed by atoms with Gasteiger partial charge in [0.15, 0.2) is 25.0 Å². The van der Waals surface area contributed by atoms with Gasteiger partial charge in [-0.1, -0.05) is 0 Å². The Bertz CT molecular complexity index is 331. The van der Waals surface area contributed by atoms with Gasteiger partial charge in [0.1, 0.15) is 12.2 Å². The first-order valence-corrected chi connectivity index (χ1v) is 18.1. The molecule has 1 aliphatic heterocycles. The van der Waals surface area contributed by atoms with Crippen LogP contribution in [-0.2, 0) is 18.0 Å². The third kappa shape index (κ3) is 8.06. The highest BCUT2D eigenvalue weighted by Gasteiger charge is 2.43. The summed E-state index contributed by atoms with van der Waals surface area (Å²) in [5, 5.41) is 0. The molecule has 0 aromatic rings. The Morgan fingerprint density at radius 1 is 0.810 bits per heavy atom. The van der Waals surface area contributed by atoms with Crippen molar-refractivity contribution in [3.8, 4) is 0 Å². The Kier molecular flexibility index (Phi) is 6.46. The van der Waals surface area contributed by atoms with Crippen molar-refractivity contribution in [3.63, 3.8) is 0 Å². The predicted octanol–water partition coefficient (Wildman–Crippen LogP) is 3.68. The van der Waals surface area contributed by atoms with Crippen molar-refractivity contribution in [2.24, 2.45) is 0 Å². The van der Waals surface area contributed by atoms with Gasteiger partial charge in [-0.05, 0) is 58.9 Å². The molecule has 1 aliphatic rings. The van der Waals surface area contributed by atoms with E-state index >= 15 is 0 Å². The molecule has 0 aromatic heterocycles. The molecular formula is C14H34O4Si3. The van der Waals surface area contributed by atoms with E-state index in [1.54, 1.807) is 0 Å². The van der Waals surface area contributed by atoms with E-state index in [9.17, 15) is 0 Å². The van der Waals surface area contributed by atoms with Gasteiger partial charge in [0.25, 0.3) is 0 Å². The molecule has 1 heterocycles. The Balaban J connectivity index is 2.74. The van der Waals surface area contributed by atoms with Crippen LogP contribution in [0, 0.1) is 0 Å². The summed E-state index contributed by atoms with van der Waals surface area (Å²) in [5.74, 6) is 0. The average Bonchev–Trinajstić information content (AvgIpc) is 2.52. The van der Waals surface area contributed by atoms with E-state index in [4.69, 9.17) is 18.0 Å². The molecule has 7 heteroatoms. The summed E-state index contributed by atoms with van der Waals surface area (Å²) in [5.41, 5.74) is 0. The van der Waals surface area contributed by atoms with Gasteiger partial charge in [0.05, 0.1) is 19.3 Å². The maximum atomic E-state index is 6.38. The molecule has 21 heavy (non-hydrogen) atoms. The lowest BCUT2D eigenvalue weighted by atomic mass is 10.2. The summed E-state index contributed by atoms with van der Waals surface area (Å²) in [6, 6.07) is 0. The molecule has 0 spiro atoms. The number of rotatable bonds is 7. The molecule has 0 amide bonds. The lowest BCUT2D eigenvalue weighted by molar-refractivity contribution is 0.00936.